The average molecular weight is 218 g/mol. The van der Waals surface area contributed by atoms with Gasteiger partial charge in [-0.25, -0.2) is 0 Å². The van der Waals surface area contributed by atoms with Crippen LogP contribution >= 0.6 is 12.2 Å². The SMILES string of the molecule is C/C=C/CCn1c(=S)[nH]c2ccccc21. The molecule has 78 valence electrons. The van der Waals surface area contributed by atoms with E-state index < -0.39 is 0 Å². The van der Waals surface area contributed by atoms with Crippen LogP contribution in [0.3, 0.4) is 0 Å². The van der Waals surface area contributed by atoms with Crippen LogP contribution < -0.4 is 0 Å². The predicted octanol–water partition coefficient (Wildman–Crippen LogP) is 3.67. The van der Waals surface area contributed by atoms with Gasteiger partial charge in [-0.05, 0) is 37.7 Å². The van der Waals surface area contributed by atoms with Gasteiger partial charge >= 0.3 is 0 Å². The third-order valence-corrected chi connectivity index (χ3v) is 2.76. The Balaban J connectivity index is 2.41. The van der Waals surface area contributed by atoms with E-state index in [9.17, 15) is 0 Å². The van der Waals surface area contributed by atoms with E-state index >= 15 is 0 Å². The lowest BCUT2D eigenvalue weighted by Crippen LogP contribution is -1.96. The van der Waals surface area contributed by atoms with Gasteiger partial charge in [0.05, 0.1) is 11.0 Å². The summed E-state index contributed by atoms with van der Waals surface area (Å²) in [6.45, 7) is 2.97. The van der Waals surface area contributed by atoms with Gasteiger partial charge in [0.2, 0.25) is 0 Å². The second-order valence-corrected chi connectivity index (χ2v) is 3.84. The number of aryl methyl sites for hydroxylation is 1. The summed E-state index contributed by atoms with van der Waals surface area (Å²) in [5.41, 5.74) is 2.30. The minimum absolute atomic E-state index is 0.806. The van der Waals surface area contributed by atoms with Gasteiger partial charge in [-0.2, -0.15) is 0 Å². The number of H-pyrrole nitrogens is 1. The van der Waals surface area contributed by atoms with Crippen molar-refractivity contribution in [3.63, 3.8) is 0 Å². The number of rotatable bonds is 3. The van der Waals surface area contributed by atoms with Crippen LogP contribution in [0, 0.1) is 4.77 Å². The fraction of sp³-hybridized carbons (Fsp3) is 0.250. The van der Waals surface area contributed by atoms with Crippen LogP contribution in [0.4, 0.5) is 0 Å². The second kappa shape index (κ2) is 4.45. The van der Waals surface area contributed by atoms with E-state index in [2.05, 4.69) is 33.8 Å². The highest BCUT2D eigenvalue weighted by molar-refractivity contribution is 7.71. The molecule has 1 N–H and O–H groups in total. The standard InChI is InChI=1S/C12H14N2S/c1-2-3-6-9-14-11-8-5-4-7-10(11)13-12(14)15/h2-5,7-8H,6,9H2,1H3,(H,13,15)/b3-2+. The molecule has 0 aliphatic carbocycles. The van der Waals surface area contributed by atoms with Crippen LogP contribution in [0.5, 0.6) is 0 Å². The average Bonchev–Trinajstić information content (AvgIpc) is 2.56. The number of imidazole rings is 1. The third-order valence-electron chi connectivity index (χ3n) is 2.44. The van der Waals surface area contributed by atoms with Crippen LogP contribution in [-0.4, -0.2) is 9.55 Å². The van der Waals surface area contributed by atoms with Crippen LogP contribution in [0.25, 0.3) is 11.0 Å². The number of hydrogen-bond donors (Lipinski definition) is 1. The highest BCUT2D eigenvalue weighted by Crippen LogP contribution is 2.13. The number of aromatic nitrogens is 2. The van der Waals surface area contributed by atoms with Crippen molar-refractivity contribution in [3.8, 4) is 0 Å². The summed E-state index contributed by atoms with van der Waals surface area (Å²) in [6, 6.07) is 8.20. The second-order valence-electron chi connectivity index (χ2n) is 3.46. The monoisotopic (exact) mass is 218 g/mol. The Labute approximate surface area is 94.2 Å². The molecule has 0 unspecified atom stereocenters. The molecule has 3 heteroatoms. The molecule has 0 spiro atoms. The van der Waals surface area contributed by atoms with Gasteiger partial charge in [-0.15, -0.1) is 0 Å². The smallest absolute Gasteiger partial charge is 0.178 e. The van der Waals surface area contributed by atoms with Crippen molar-refractivity contribution < 1.29 is 0 Å². The van der Waals surface area contributed by atoms with Crippen molar-refractivity contribution in [2.24, 2.45) is 0 Å². The number of hydrogen-bond acceptors (Lipinski definition) is 1. The molecule has 1 heterocycles. The highest BCUT2D eigenvalue weighted by atomic mass is 32.1. The quantitative estimate of drug-likeness (QED) is 0.616. The topological polar surface area (TPSA) is 20.7 Å². The molecule has 1 aromatic carbocycles. The van der Waals surface area contributed by atoms with Crippen LogP contribution in [-0.2, 0) is 6.54 Å². The number of aromatic amines is 1. The van der Waals surface area contributed by atoms with Crippen molar-refractivity contribution in [2.75, 3.05) is 0 Å². The van der Waals surface area contributed by atoms with Gasteiger partial charge in [0.15, 0.2) is 4.77 Å². The normalized spacial score (nSPS) is 11.5. The minimum atomic E-state index is 0.806. The largest absolute Gasteiger partial charge is 0.331 e. The molecule has 0 radical (unpaired) electrons. The zero-order valence-electron chi connectivity index (χ0n) is 8.73. The molecule has 0 aliphatic rings. The first kappa shape index (κ1) is 10.2. The first-order chi connectivity index (χ1) is 7.33. The molecule has 2 nitrogen and oxygen atoms in total. The van der Waals surface area contributed by atoms with Crippen molar-refractivity contribution >= 4 is 23.3 Å². The lowest BCUT2D eigenvalue weighted by atomic mass is 10.3. The summed E-state index contributed by atoms with van der Waals surface area (Å²) < 4.78 is 2.95. The summed E-state index contributed by atoms with van der Waals surface area (Å²) in [5.74, 6) is 0. The zero-order chi connectivity index (χ0) is 10.7. The van der Waals surface area contributed by atoms with E-state index in [1.54, 1.807) is 0 Å². The summed E-state index contributed by atoms with van der Waals surface area (Å²) in [6.07, 6.45) is 5.24. The summed E-state index contributed by atoms with van der Waals surface area (Å²) in [5, 5.41) is 0. The number of allylic oxidation sites excluding steroid dienone is 2. The molecule has 0 saturated carbocycles. The minimum Gasteiger partial charge on any atom is -0.331 e. The Morgan fingerprint density at radius 2 is 2.20 bits per heavy atom. The molecule has 1 aromatic heterocycles. The van der Waals surface area contributed by atoms with Crippen molar-refractivity contribution in [2.45, 2.75) is 19.9 Å². The van der Waals surface area contributed by atoms with Gasteiger partial charge in [0, 0.05) is 6.54 Å². The van der Waals surface area contributed by atoms with Crippen LogP contribution in [0.15, 0.2) is 36.4 Å². The first-order valence-corrected chi connectivity index (χ1v) is 5.52. The molecule has 0 fully saturated rings. The molecule has 0 atom stereocenters. The molecular weight excluding hydrogens is 204 g/mol. The Bertz CT molecular complexity index is 534. The van der Waals surface area contributed by atoms with E-state index in [1.807, 2.05) is 19.1 Å². The lowest BCUT2D eigenvalue weighted by molar-refractivity contribution is 0.720. The summed E-state index contributed by atoms with van der Waals surface area (Å²) in [7, 11) is 0. The number of nitrogens with zero attached hydrogens (tertiary/aromatic N) is 1. The van der Waals surface area contributed by atoms with Gasteiger partial charge in [0.1, 0.15) is 0 Å². The molecule has 2 aromatic rings. The third kappa shape index (κ3) is 2.02. The van der Waals surface area contributed by atoms with Crippen LogP contribution in [0.2, 0.25) is 0 Å². The van der Waals surface area contributed by atoms with E-state index in [-0.39, 0.29) is 0 Å². The molecule has 0 bridgehead atoms. The van der Waals surface area contributed by atoms with Crippen molar-refractivity contribution in [1.82, 2.24) is 9.55 Å². The van der Waals surface area contributed by atoms with E-state index in [0.717, 1.165) is 23.3 Å². The maximum atomic E-state index is 5.29. The van der Waals surface area contributed by atoms with Crippen molar-refractivity contribution in [1.29, 1.82) is 0 Å². The number of fused-ring (bicyclic) bond motifs is 1. The molecule has 2 rings (SSSR count). The van der Waals surface area contributed by atoms with E-state index in [1.165, 1.54) is 5.52 Å². The number of nitrogens with one attached hydrogen (secondary N) is 1. The molecule has 0 saturated heterocycles. The van der Waals surface area contributed by atoms with Crippen LogP contribution in [0.1, 0.15) is 13.3 Å². The molecule has 15 heavy (non-hydrogen) atoms. The highest BCUT2D eigenvalue weighted by Gasteiger charge is 2.01. The summed E-state index contributed by atoms with van der Waals surface area (Å²) in [4.78, 5) is 3.21. The Morgan fingerprint density at radius 3 is 3.00 bits per heavy atom. The maximum Gasteiger partial charge on any atom is 0.178 e. The Kier molecular flexibility index (Phi) is 3.02. The predicted molar refractivity (Wildman–Crippen MR) is 66.6 cm³/mol. The number of para-hydroxylation sites is 2. The summed E-state index contributed by atoms with van der Waals surface area (Å²) >= 11 is 5.29. The van der Waals surface area contributed by atoms with Gasteiger partial charge in [0.25, 0.3) is 0 Å². The molecular formula is C12H14N2S. The fourth-order valence-corrected chi connectivity index (χ4v) is 2.00. The Morgan fingerprint density at radius 1 is 1.40 bits per heavy atom. The van der Waals surface area contributed by atoms with Gasteiger partial charge in [-0.3, -0.25) is 0 Å². The lowest BCUT2D eigenvalue weighted by Gasteiger charge is -2.00. The molecule has 0 amide bonds. The van der Waals surface area contributed by atoms with Gasteiger partial charge in [-0.1, -0.05) is 24.3 Å². The zero-order valence-corrected chi connectivity index (χ0v) is 9.55. The maximum absolute atomic E-state index is 5.29. The molecule has 0 aliphatic heterocycles. The number of benzene rings is 1. The Hall–Kier alpha value is -1.35. The van der Waals surface area contributed by atoms with E-state index in [0.29, 0.717) is 0 Å². The van der Waals surface area contributed by atoms with E-state index in [4.69, 9.17) is 12.2 Å². The fourth-order valence-electron chi connectivity index (χ4n) is 1.70. The van der Waals surface area contributed by atoms with Crippen molar-refractivity contribution in [3.05, 3.63) is 41.2 Å². The van der Waals surface area contributed by atoms with Gasteiger partial charge < -0.3 is 9.55 Å². The first-order valence-electron chi connectivity index (χ1n) is 5.11.